The van der Waals surface area contributed by atoms with Gasteiger partial charge in [-0.15, -0.1) is 0 Å². The van der Waals surface area contributed by atoms with Gasteiger partial charge < -0.3 is 23.7 Å². The van der Waals surface area contributed by atoms with E-state index < -0.39 is 0 Å². The average molecular weight is 459 g/mol. The van der Waals surface area contributed by atoms with Crippen LogP contribution >= 0.6 is 0 Å². The van der Waals surface area contributed by atoms with Crippen LogP contribution in [0.15, 0.2) is 48.5 Å². The fourth-order valence-electron chi connectivity index (χ4n) is 3.46. The molecule has 0 radical (unpaired) electrons. The molecule has 5 nitrogen and oxygen atoms in total. The van der Waals surface area contributed by atoms with Crippen molar-refractivity contribution in [2.45, 2.75) is 52.4 Å². The maximum absolute atomic E-state index is 6.22. The summed E-state index contributed by atoms with van der Waals surface area (Å²) in [5, 5.41) is 0. The zero-order valence-corrected chi connectivity index (χ0v) is 21.3. The lowest BCUT2D eigenvalue weighted by molar-refractivity contribution is 0.0633. The second kappa shape index (κ2) is 13.6. The predicted molar refractivity (Wildman–Crippen MR) is 134 cm³/mol. The molecular formula is C28H42O5. The third-order valence-corrected chi connectivity index (χ3v) is 5.60. The lowest BCUT2D eigenvalue weighted by atomic mass is 9.84. The third kappa shape index (κ3) is 9.36. The van der Waals surface area contributed by atoms with Gasteiger partial charge in [-0.3, -0.25) is 0 Å². The fraction of sp³-hybridized carbons (Fsp3) is 0.571. The largest absolute Gasteiger partial charge is 0.491 e. The van der Waals surface area contributed by atoms with Crippen LogP contribution in [0.3, 0.4) is 0 Å². The number of benzene rings is 2. The van der Waals surface area contributed by atoms with E-state index in [1.807, 2.05) is 38.1 Å². The van der Waals surface area contributed by atoms with Crippen molar-refractivity contribution < 1.29 is 23.7 Å². The van der Waals surface area contributed by atoms with E-state index in [0.29, 0.717) is 52.9 Å². The first-order valence-electron chi connectivity index (χ1n) is 12.0. The average Bonchev–Trinajstić information content (AvgIpc) is 2.80. The number of ether oxygens (including phenoxy) is 5. The van der Waals surface area contributed by atoms with Gasteiger partial charge in [-0.1, -0.05) is 52.0 Å². The standard InChI is InChI=1S/C28H42O5/c1-7-29-17-19-32-25-13-9-23(10-14-25)27(3,4)21-31-22-28(5,6)24-11-15-26(16-12-24)33-20-18-30-8-2/h9-16H,7-8,17-22H2,1-6H3. The zero-order chi connectivity index (χ0) is 24.2. The Bertz CT molecular complexity index is 713. The zero-order valence-electron chi connectivity index (χ0n) is 21.3. The minimum atomic E-state index is -0.0990. The van der Waals surface area contributed by atoms with Gasteiger partial charge in [0.15, 0.2) is 0 Å². The van der Waals surface area contributed by atoms with Crippen LogP contribution in [-0.2, 0) is 25.0 Å². The van der Waals surface area contributed by atoms with E-state index in [1.54, 1.807) is 0 Å². The summed E-state index contributed by atoms with van der Waals surface area (Å²) >= 11 is 0. The summed E-state index contributed by atoms with van der Waals surface area (Å²) in [5.74, 6) is 1.73. The van der Waals surface area contributed by atoms with Gasteiger partial charge in [0.05, 0.1) is 26.4 Å². The van der Waals surface area contributed by atoms with E-state index in [2.05, 4.69) is 52.0 Å². The Morgan fingerprint density at radius 2 is 0.879 bits per heavy atom. The topological polar surface area (TPSA) is 46.2 Å². The van der Waals surface area contributed by atoms with Crippen LogP contribution in [0.4, 0.5) is 0 Å². The molecule has 0 saturated carbocycles. The molecule has 0 amide bonds. The highest BCUT2D eigenvalue weighted by Gasteiger charge is 2.25. The van der Waals surface area contributed by atoms with Crippen LogP contribution in [0.1, 0.15) is 52.7 Å². The summed E-state index contributed by atoms with van der Waals surface area (Å²) in [4.78, 5) is 0. The van der Waals surface area contributed by atoms with Crippen molar-refractivity contribution in [1.29, 1.82) is 0 Å². The third-order valence-electron chi connectivity index (χ3n) is 5.60. The SMILES string of the molecule is CCOCCOc1ccc(C(C)(C)COCC(C)(C)c2ccc(OCCOCC)cc2)cc1. The molecule has 0 fully saturated rings. The summed E-state index contributed by atoms with van der Waals surface area (Å²) in [6.45, 7) is 17.8. The first kappa shape index (κ1) is 27.2. The van der Waals surface area contributed by atoms with E-state index in [9.17, 15) is 0 Å². The highest BCUT2D eigenvalue weighted by molar-refractivity contribution is 5.33. The Kier molecular flexibility index (Phi) is 11.2. The van der Waals surface area contributed by atoms with Gasteiger partial charge in [0.2, 0.25) is 0 Å². The molecule has 0 spiro atoms. The smallest absolute Gasteiger partial charge is 0.119 e. The summed E-state index contributed by atoms with van der Waals surface area (Å²) in [6.07, 6.45) is 0. The van der Waals surface area contributed by atoms with Crippen molar-refractivity contribution in [3.05, 3.63) is 59.7 Å². The van der Waals surface area contributed by atoms with Crippen molar-refractivity contribution in [2.24, 2.45) is 0 Å². The summed E-state index contributed by atoms with van der Waals surface area (Å²) in [5.41, 5.74) is 2.26. The van der Waals surface area contributed by atoms with E-state index in [-0.39, 0.29) is 10.8 Å². The number of hydrogen-bond donors (Lipinski definition) is 0. The van der Waals surface area contributed by atoms with Gasteiger partial charge in [-0.05, 0) is 49.2 Å². The lowest BCUT2D eigenvalue weighted by Gasteiger charge is -2.30. The molecule has 2 aromatic carbocycles. The number of hydrogen-bond acceptors (Lipinski definition) is 5. The van der Waals surface area contributed by atoms with E-state index in [0.717, 1.165) is 11.5 Å². The van der Waals surface area contributed by atoms with Crippen molar-refractivity contribution >= 4 is 0 Å². The monoisotopic (exact) mass is 458 g/mol. The predicted octanol–water partition coefficient (Wildman–Crippen LogP) is 5.79. The van der Waals surface area contributed by atoms with Crippen molar-refractivity contribution in [3.8, 4) is 11.5 Å². The molecule has 0 bridgehead atoms. The Balaban J connectivity index is 1.83. The molecule has 0 N–H and O–H groups in total. The van der Waals surface area contributed by atoms with Gasteiger partial charge in [0.25, 0.3) is 0 Å². The second-order valence-corrected chi connectivity index (χ2v) is 9.40. The van der Waals surface area contributed by atoms with E-state index in [4.69, 9.17) is 23.7 Å². The highest BCUT2D eigenvalue weighted by atomic mass is 16.5. The van der Waals surface area contributed by atoms with Crippen LogP contribution < -0.4 is 9.47 Å². The minimum Gasteiger partial charge on any atom is -0.491 e. The normalized spacial score (nSPS) is 12.1. The summed E-state index contributed by atoms with van der Waals surface area (Å²) in [6, 6.07) is 16.6. The maximum Gasteiger partial charge on any atom is 0.119 e. The molecule has 0 heterocycles. The Labute approximate surface area is 200 Å². The van der Waals surface area contributed by atoms with Gasteiger partial charge >= 0.3 is 0 Å². The van der Waals surface area contributed by atoms with Crippen molar-refractivity contribution in [3.63, 3.8) is 0 Å². The van der Waals surface area contributed by atoms with Gasteiger partial charge in [0, 0.05) is 24.0 Å². The van der Waals surface area contributed by atoms with Gasteiger partial charge in [-0.25, -0.2) is 0 Å². The molecule has 0 saturated heterocycles. The highest BCUT2D eigenvalue weighted by Crippen LogP contribution is 2.29. The molecule has 0 aliphatic rings. The summed E-state index contributed by atoms with van der Waals surface area (Å²) in [7, 11) is 0. The maximum atomic E-state index is 6.22. The first-order chi connectivity index (χ1) is 15.8. The van der Waals surface area contributed by atoms with Crippen LogP contribution in [0.2, 0.25) is 0 Å². The second-order valence-electron chi connectivity index (χ2n) is 9.40. The van der Waals surface area contributed by atoms with Crippen LogP contribution in [0.5, 0.6) is 11.5 Å². The van der Waals surface area contributed by atoms with Gasteiger partial charge in [-0.2, -0.15) is 0 Å². The molecule has 0 unspecified atom stereocenters. The molecule has 184 valence electrons. The van der Waals surface area contributed by atoms with Gasteiger partial charge in [0.1, 0.15) is 24.7 Å². The molecular weight excluding hydrogens is 416 g/mol. The molecule has 5 heteroatoms. The number of rotatable bonds is 16. The van der Waals surface area contributed by atoms with Crippen LogP contribution in [-0.4, -0.2) is 52.9 Å². The van der Waals surface area contributed by atoms with E-state index in [1.165, 1.54) is 11.1 Å². The Morgan fingerprint density at radius 3 is 1.21 bits per heavy atom. The summed E-state index contributed by atoms with van der Waals surface area (Å²) < 4.78 is 28.3. The van der Waals surface area contributed by atoms with Crippen LogP contribution in [0.25, 0.3) is 0 Å². The quantitative estimate of drug-likeness (QED) is 0.298. The molecule has 2 aromatic rings. The molecule has 0 atom stereocenters. The van der Waals surface area contributed by atoms with Crippen molar-refractivity contribution in [1.82, 2.24) is 0 Å². The molecule has 2 rings (SSSR count). The molecule has 0 aliphatic heterocycles. The minimum absolute atomic E-state index is 0.0990. The molecule has 0 aliphatic carbocycles. The van der Waals surface area contributed by atoms with E-state index >= 15 is 0 Å². The Hall–Kier alpha value is -2.08. The molecule has 33 heavy (non-hydrogen) atoms. The van der Waals surface area contributed by atoms with Crippen molar-refractivity contribution in [2.75, 3.05) is 52.9 Å². The van der Waals surface area contributed by atoms with Crippen LogP contribution in [0, 0.1) is 0 Å². The molecule has 0 aromatic heterocycles. The fourth-order valence-corrected chi connectivity index (χ4v) is 3.46. The first-order valence-corrected chi connectivity index (χ1v) is 12.0. The Morgan fingerprint density at radius 1 is 0.515 bits per heavy atom. The lowest BCUT2D eigenvalue weighted by Crippen LogP contribution is -2.30.